The summed E-state index contributed by atoms with van der Waals surface area (Å²) in [5, 5.41) is 13.9. The molecular weight excluding hydrogens is 378 g/mol. The van der Waals surface area contributed by atoms with Crippen molar-refractivity contribution in [3.63, 3.8) is 0 Å². The SMILES string of the molecule is CCNCCCNC[C@@H]1C[C@@H]1CNCCCNCC.Cl.Cl.Cl.Cl. The van der Waals surface area contributed by atoms with Gasteiger partial charge in [-0.1, -0.05) is 13.8 Å². The summed E-state index contributed by atoms with van der Waals surface area (Å²) >= 11 is 0. The summed E-state index contributed by atoms with van der Waals surface area (Å²) in [5.74, 6) is 1.86. The van der Waals surface area contributed by atoms with Gasteiger partial charge in [-0.05, 0) is 83.5 Å². The van der Waals surface area contributed by atoms with Gasteiger partial charge in [-0.25, -0.2) is 0 Å². The highest BCUT2D eigenvalue weighted by Crippen LogP contribution is 2.36. The Morgan fingerprint density at radius 3 is 1.30 bits per heavy atom. The second-order valence-corrected chi connectivity index (χ2v) is 5.58. The number of hydrogen-bond donors (Lipinski definition) is 4. The molecule has 0 saturated heterocycles. The van der Waals surface area contributed by atoms with Crippen molar-refractivity contribution in [2.75, 3.05) is 52.4 Å². The molecule has 1 rings (SSSR count). The lowest BCUT2D eigenvalue weighted by Gasteiger charge is -2.06. The minimum absolute atomic E-state index is 0. The second-order valence-electron chi connectivity index (χ2n) is 5.58. The smallest absolute Gasteiger partial charge is 0.00173 e. The zero-order valence-electron chi connectivity index (χ0n) is 14.6. The van der Waals surface area contributed by atoms with Crippen molar-refractivity contribution in [1.29, 1.82) is 0 Å². The second kappa shape index (κ2) is 23.0. The van der Waals surface area contributed by atoms with Gasteiger partial charge in [-0.2, -0.15) is 0 Å². The Bertz CT molecular complexity index is 194. The van der Waals surface area contributed by atoms with Crippen molar-refractivity contribution in [2.45, 2.75) is 33.1 Å². The van der Waals surface area contributed by atoms with E-state index in [4.69, 9.17) is 0 Å². The van der Waals surface area contributed by atoms with Gasteiger partial charge in [0.15, 0.2) is 0 Å². The highest BCUT2D eigenvalue weighted by Gasteiger charge is 2.35. The van der Waals surface area contributed by atoms with Crippen LogP contribution in [0.3, 0.4) is 0 Å². The largest absolute Gasteiger partial charge is 0.317 e. The van der Waals surface area contributed by atoms with E-state index in [0.29, 0.717) is 0 Å². The van der Waals surface area contributed by atoms with Crippen molar-refractivity contribution in [1.82, 2.24) is 21.3 Å². The summed E-state index contributed by atoms with van der Waals surface area (Å²) in [6.07, 6.45) is 3.90. The van der Waals surface area contributed by atoms with E-state index in [0.717, 1.165) is 51.1 Å². The Balaban J connectivity index is -0.000000451. The summed E-state index contributed by atoms with van der Waals surface area (Å²) < 4.78 is 0. The van der Waals surface area contributed by atoms with Crippen LogP contribution in [0.4, 0.5) is 0 Å². The van der Waals surface area contributed by atoms with E-state index in [1.165, 1.54) is 32.4 Å². The molecule has 0 radical (unpaired) electrons. The zero-order chi connectivity index (χ0) is 13.8. The molecular formula is C15H38Cl4N4. The summed E-state index contributed by atoms with van der Waals surface area (Å²) in [6, 6.07) is 0. The van der Waals surface area contributed by atoms with Gasteiger partial charge in [0, 0.05) is 0 Å². The maximum Gasteiger partial charge on any atom is -0.00173 e. The molecule has 23 heavy (non-hydrogen) atoms. The number of rotatable bonds is 14. The highest BCUT2D eigenvalue weighted by molar-refractivity contribution is 5.86. The molecule has 0 aromatic rings. The third-order valence-electron chi connectivity index (χ3n) is 3.80. The molecule has 1 saturated carbocycles. The van der Waals surface area contributed by atoms with Crippen LogP contribution in [0.15, 0.2) is 0 Å². The Kier molecular flexibility index (Phi) is 31.7. The van der Waals surface area contributed by atoms with E-state index in [1.54, 1.807) is 0 Å². The van der Waals surface area contributed by atoms with Crippen LogP contribution >= 0.6 is 49.6 Å². The molecule has 0 unspecified atom stereocenters. The van der Waals surface area contributed by atoms with Gasteiger partial charge >= 0.3 is 0 Å². The fraction of sp³-hybridized carbons (Fsp3) is 1.00. The molecule has 0 aliphatic heterocycles. The third kappa shape index (κ3) is 19.2. The first-order chi connectivity index (χ1) is 9.38. The molecule has 8 heteroatoms. The normalized spacial score (nSPS) is 18.0. The number of halogens is 4. The van der Waals surface area contributed by atoms with Crippen LogP contribution in [0.2, 0.25) is 0 Å². The van der Waals surface area contributed by atoms with E-state index >= 15 is 0 Å². The average Bonchev–Trinajstić information content (AvgIpc) is 3.16. The lowest BCUT2D eigenvalue weighted by molar-refractivity contribution is 0.537. The average molecular weight is 416 g/mol. The van der Waals surface area contributed by atoms with Gasteiger partial charge in [0.05, 0.1) is 0 Å². The molecule has 0 bridgehead atoms. The predicted octanol–water partition coefficient (Wildman–Crippen LogP) is 2.49. The molecule has 0 aromatic carbocycles. The maximum absolute atomic E-state index is 3.58. The monoisotopic (exact) mass is 414 g/mol. The minimum Gasteiger partial charge on any atom is -0.317 e. The zero-order valence-corrected chi connectivity index (χ0v) is 17.8. The summed E-state index contributed by atoms with van der Waals surface area (Å²) in [6.45, 7) is 13.5. The van der Waals surface area contributed by atoms with E-state index in [-0.39, 0.29) is 49.6 Å². The number of nitrogens with one attached hydrogen (secondary N) is 4. The lowest BCUT2D eigenvalue weighted by atomic mass is 10.3. The Morgan fingerprint density at radius 2 is 0.957 bits per heavy atom. The third-order valence-corrected chi connectivity index (χ3v) is 3.80. The van der Waals surface area contributed by atoms with Crippen LogP contribution < -0.4 is 21.3 Å². The molecule has 1 aliphatic carbocycles. The van der Waals surface area contributed by atoms with Gasteiger partial charge < -0.3 is 21.3 Å². The van der Waals surface area contributed by atoms with E-state index < -0.39 is 0 Å². The first kappa shape index (κ1) is 31.7. The van der Waals surface area contributed by atoms with Gasteiger partial charge in [0.25, 0.3) is 0 Å². The Morgan fingerprint density at radius 1 is 0.609 bits per heavy atom. The van der Waals surface area contributed by atoms with Crippen LogP contribution in [0.5, 0.6) is 0 Å². The first-order valence-corrected chi connectivity index (χ1v) is 8.21. The van der Waals surface area contributed by atoms with Crippen molar-refractivity contribution >= 4 is 49.6 Å². The Labute approximate surface area is 168 Å². The molecule has 1 aliphatic rings. The number of hydrogen-bond acceptors (Lipinski definition) is 4. The van der Waals surface area contributed by atoms with Crippen molar-refractivity contribution in [3.05, 3.63) is 0 Å². The van der Waals surface area contributed by atoms with Gasteiger partial charge in [-0.3, -0.25) is 0 Å². The lowest BCUT2D eigenvalue weighted by Crippen LogP contribution is -2.26. The summed E-state index contributed by atoms with van der Waals surface area (Å²) in [4.78, 5) is 0. The van der Waals surface area contributed by atoms with Gasteiger partial charge in [0.2, 0.25) is 0 Å². The summed E-state index contributed by atoms with van der Waals surface area (Å²) in [5.41, 5.74) is 0. The Hall–Kier alpha value is 1.00. The molecule has 146 valence electrons. The van der Waals surface area contributed by atoms with Crippen molar-refractivity contribution < 1.29 is 0 Å². The van der Waals surface area contributed by atoms with Gasteiger partial charge in [0.1, 0.15) is 0 Å². The maximum atomic E-state index is 3.58. The highest BCUT2D eigenvalue weighted by atomic mass is 35.5. The minimum atomic E-state index is 0. The van der Waals surface area contributed by atoms with E-state index in [1.807, 2.05) is 0 Å². The predicted molar refractivity (Wildman–Crippen MR) is 113 cm³/mol. The molecule has 4 N–H and O–H groups in total. The molecule has 0 amide bonds. The van der Waals surface area contributed by atoms with Crippen molar-refractivity contribution in [2.24, 2.45) is 11.8 Å². The van der Waals surface area contributed by atoms with E-state index in [2.05, 4.69) is 35.1 Å². The fourth-order valence-corrected chi connectivity index (χ4v) is 2.42. The van der Waals surface area contributed by atoms with Crippen LogP contribution in [0.25, 0.3) is 0 Å². The molecule has 0 spiro atoms. The van der Waals surface area contributed by atoms with Crippen LogP contribution in [0.1, 0.15) is 33.1 Å². The topological polar surface area (TPSA) is 48.1 Å². The summed E-state index contributed by atoms with van der Waals surface area (Å²) in [7, 11) is 0. The molecule has 2 atom stereocenters. The van der Waals surface area contributed by atoms with Crippen LogP contribution in [0, 0.1) is 11.8 Å². The van der Waals surface area contributed by atoms with Gasteiger partial charge in [-0.15, -0.1) is 49.6 Å². The quantitative estimate of drug-likeness (QED) is 0.329. The molecule has 0 aromatic heterocycles. The standard InChI is InChI=1S/C15H34N4.4ClH/c1-3-16-7-5-9-18-12-14-11-15(14)13-19-10-6-8-17-4-2;;;;/h14-19H,3-13H2,1-2H3;4*1H/t14-,15+;;;;. The van der Waals surface area contributed by atoms with E-state index in [9.17, 15) is 0 Å². The van der Waals surface area contributed by atoms with Crippen molar-refractivity contribution in [3.8, 4) is 0 Å². The van der Waals surface area contributed by atoms with Crippen LogP contribution in [-0.4, -0.2) is 52.4 Å². The molecule has 4 nitrogen and oxygen atoms in total. The molecule has 0 heterocycles. The molecule has 1 fully saturated rings. The fourth-order valence-electron chi connectivity index (χ4n) is 2.42. The first-order valence-electron chi connectivity index (χ1n) is 8.21. The van der Waals surface area contributed by atoms with Crippen LogP contribution in [-0.2, 0) is 0 Å².